The maximum atomic E-state index is 11.7. The minimum atomic E-state index is 0.151. The van der Waals surface area contributed by atoms with Crippen molar-refractivity contribution in [1.29, 1.82) is 0 Å². The van der Waals surface area contributed by atoms with Crippen LogP contribution in [0.4, 0.5) is 0 Å². The third-order valence-electron chi connectivity index (χ3n) is 3.02. The van der Waals surface area contributed by atoms with E-state index in [-0.39, 0.29) is 5.91 Å². The Hall–Kier alpha value is -1.39. The molecule has 4 heteroatoms. The van der Waals surface area contributed by atoms with E-state index in [2.05, 4.69) is 12.1 Å². The van der Waals surface area contributed by atoms with E-state index in [1.165, 1.54) is 5.56 Å². The Balaban J connectivity index is 2.48. The molecule has 0 spiro atoms. The van der Waals surface area contributed by atoms with Gasteiger partial charge in [-0.3, -0.25) is 9.69 Å². The number of rotatable bonds is 6. The van der Waals surface area contributed by atoms with Gasteiger partial charge in [-0.05, 0) is 25.1 Å². The molecule has 0 aliphatic rings. The second-order valence-electron chi connectivity index (χ2n) is 4.60. The second-order valence-corrected chi connectivity index (χ2v) is 4.60. The summed E-state index contributed by atoms with van der Waals surface area (Å²) in [5.74, 6) is 0.151. The van der Waals surface area contributed by atoms with Gasteiger partial charge in [-0.1, -0.05) is 24.3 Å². The van der Waals surface area contributed by atoms with E-state index in [4.69, 9.17) is 5.73 Å². The summed E-state index contributed by atoms with van der Waals surface area (Å²) in [5, 5.41) is 0. The van der Waals surface area contributed by atoms with Gasteiger partial charge in [0.2, 0.25) is 5.91 Å². The largest absolute Gasteiger partial charge is 0.345 e. The van der Waals surface area contributed by atoms with Crippen molar-refractivity contribution in [3.63, 3.8) is 0 Å². The number of carbonyl (C=O) groups is 1. The Labute approximate surface area is 109 Å². The SMILES string of the molecule is CCN(C)C(=O)CN(C)Cc1ccc(CN)cc1. The molecule has 0 saturated carbocycles. The molecule has 1 amide bonds. The van der Waals surface area contributed by atoms with Crippen molar-refractivity contribution in [2.24, 2.45) is 5.73 Å². The van der Waals surface area contributed by atoms with E-state index >= 15 is 0 Å². The molecule has 1 rings (SSSR count). The number of hydrogen-bond donors (Lipinski definition) is 1. The molecule has 2 N–H and O–H groups in total. The molecule has 0 bridgehead atoms. The standard InChI is InChI=1S/C14H23N3O/c1-4-17(3)14(18)11-16(2)10-13-7-5-12(9-15)6-8-13/h5-8H,4,9-11,15H2,1-3H3. The maximum absolute atomic E-state index is 11.7. The molecule has 0 unspecified atom stereocenters. The van der Waals surface area contributed by atoms with Crippen molar-refractivity contribution < 1.29 is 4.79 Å². The van der Waals surface area contributed by atoms with Crippen LogP contribution in [0, 0.1) is 0 Å². The summed E-state index contributed by atoms with van der Waals surface area (Å²) in [6, 6.07) is 8.19. The molecule has 1 aromatic carbocycles. The van der Waals surface area contributed by atoms with Gasteiger partial charge in [0.15, 0.2) is 0 Å². The summed E-state index contributed by atoms with van der Waals surface area (Å²) in [5.41, 5.74) is 7.88. The van der Waals surface area contributed by atoms with Crippen LogP contribution >= 0.6 is 0 Å². The predicted octanol–water partition coefficient (Wildman–Crippen LogP) is 1.06. The van der Waals surface area contributed by atoms with Crippen molar-refractivity contribution in [2.45, 2.75) is 20.0 Å². The zero-order valence-electron chi connectivity index (χ0n) is 11.5. The first-order valence-electron chi connectivity index (χ1n) is 6.27. The fourth-order valence-corrected chi connectivity index (χ4v) is 1.68. The van der Waals surface area contributed by atoms with Gasteiger partial charge in [-0.2, -0.15) is 0 Å². The highest BCUT2D eigenvalue weighted by Gasteiger charge is 2.10. The molecular formula is C14H23N3O. The molecule has 0 atom stereocenters. The van der Waals surface area contributed by atoms with Crippen LogP contribution in [-0.4, -0.2) is 42.9 Å². The molecule has 0 saturated heterocycles. The Morgan fingerprint density at radius 3 is 2.22 bits per heavy atom. The molecule has 100 valence electrons. The molecule has 0 aliphatic carbocycles. The first kappa shape index (κ1) is 14.7. The zero-order chi connectivity index (χ0) is 13.5. The normalized spacial score (nSPS) is 10.7. The van der Waals surface area contributed by atoms with Crippen LogP contribution in [0.2, 0.25) is 0 Å². The molecule has 18 heavy (non-hydrogen) atoms. The molecular weight excluding hydrogens is 226 g/mol. The van der Waals surface area contributed by atoms with E-state index in [1.54, 1.807) is 4.90 Å². The molecule has 0 heterocycles. The summed E-state index contributed by atoms with van der Waals surface area (Å²) in [6.45, 7) is 4.51. The smallest absolute Gasteiger partial charge is 0.236 e. The topological polar surface area (TPSA) is 49.6 Å². The summed E-state index contributed by atoms with van der Waals surface area (Å²) >= 11 is 0. The lowest BCUT2D eigenvalue weighted by molar-refractivity contribution is -0.130. The number of hydrogen-bond acceptors (Lipinski definition) is 3. The molecule has 0 aliphatic heterocycles. The van der Waals surface area contributed by atoms with Crippen molar-refractivity contribution >= 4 is 5.91 Å². The van der Waals surface area contributed by atoms with Crippen molar-refractivity contribution in [1.82, 2.24) is 9.80 Å². The van der Waals surface area contributed by atoms with Gasteiger partial charge in [0.05, 0.1) is 6.54 Å². The van der Waals surface area contributed by atoms with Gasteiger partial charge in [0.1, 0.15) is 0 Å². The highest BCUT2D eigenvalue weighted by molar-refractivity contribution is 5.77. The van der Waals surface area contributed by atoms with Gasteiger partial charge in [0.25, 0.3) is 0 Å². The first-order chi connectivity index (χ1) is 8.56. The highest BCUT2D eigenvalue weighted by atomic mass is 16.2. The van der Waals surface area contributed by atoms with Crippen molar-refractivity contribution in [3.8, 4) is 0 Å². The van der Waals surface area contributed by atoms with E-state index < -0.39 is 0 Å². The highest BCUT2D eigenvalue weighted by Crippen LogP contribution is 2.06. The Morgan fingerprint density at radius 2 is 1.72 bits per heavy atom. The molecule has 0 radical (unpaired) electrons. The monoisotopic (exact) mass is 249 g/mol. The maximum Gasteiger partial charge on any atom is 0.236 e. The second kappa shape index (κ2) is 7.13. The number of nitrogens with zero attached hydrogens (tertiary/aromatic N) is 2. The summed E-state index contributed by atoms with van der Waals surface area (Å²) < 4.78 is 0. The average Bonchev–Trinajstić information content (AvgIpc) is 2.38. The van der Waals surface area contributed by atoms with Crippen molar-refractivity contribution in [2.75, 3.05) is 27.2 Å². The minimum absolute atomic E-state index is 0.151. The lowest BCUT2D eigenvalue weighted by Crippen LogP contribution is -2.36. The Morgan fingerprint density at radius 1 is 1.17 bits per heavy atom. The molecule has 0 fully saturated rings. The van der Waals surface area contributed by atoms with Crippen LogP contribution in [-0.2, 0) is 17.9 Å². The van der Waals surface area contributed by atoms with Crippen LogP contribution in [0.15, 0.2) is 24.3 Å². The van der Waals surface area contributed by atoms with Crippen LogP contribution < -0.4 is 5.73 Å². The van der Waals surface area contributed by atoms with Gasteiger partial charge in [0, 0.05) is 26.7 Å². The predicted molar refractivity (Wildman–Crippen MR) is 74.0 cm³/mol. The molecule has 4 nitrogen and oxygen atoms in total. The third-order valence-corrected chi connectivity index (χ3v) is 3.02. The average molecular weight is 249 g/mol. The van der Waals surface area contributed by atoms with Gasteiger partial charge >= 0.3 is 0 Å². The van der Waals surface area contributed by atoms with E-state index in [0.717, 1.165) is 18.7 Å². The van der Waals surface area contributed by atoms with Gasteiger partial charge < -0.3 is 10.6 Å². The number of nitrogens with two attached hydrogens (primary N) is 1. The van der Waals surface area contributed by atoms with E-state index in [0.29, 0.717) is 13.1 Å². The van der Waals surface area contributed by atoms with Crippen LogP contribution in [0.25, 0.3) is 0 Å². The summed E-state index contributed by atoms with van der Waals surface area (Å²) in [4.78, 5) is 15.5. The Kier molecular flexibility index (Phi) is 5.82. The first-order valence-corrected chi connectivity index (χ1v) is 6.27. The zero-order valence-corrected chi connectivity index (χ0v) is 11.5. The molecule has 0 aromatic heterocycles. The van der Waals surface area contributed by atoms with E-state index in [1.807, 2.05) is 38.1 Å². The summed E-state index contributed by atoms with van der Waals surface area (Å²) in [6.07, 6.45) is 0. The van der Waals surface area contributed by atoms with E-state index in [9.17, 15) is 4.79 Å². The minimum Gasteiger partial charge on any atom is -0.345 e. The van der Waals surface area contributed by atoms with Crippen LogP contribution in [0.1, 0.15) is 18.1 Å². The number of amides is 1. The van der Waals surface area contributed by atoms with Crippen LogP contribution in [0.3, 0.4) is 0 Å². The van der Waals surface area contributed by atoms with Crippen molar-refractivity contribution in [3.05, 3.63) is 35.4 Å². The van der Waals surface area contributed by atoms with Gasteiger partial charge in [-0.25, -0.2) is 0 Å². The number of likely N-dealkylation sites (N-methyl/N-ethyl adjacent to an activating group) is 2. The summed E-state index contributed by atoms with van der Waals surface area (Å²) in [7, 11) is 3.78. The molecule has 1 aromatic rings. The number of carbonyl (C=O) groups excluding carboxylic acids is 1. The third kappa shape index (κ3) is 4.47. The van der Waals surface area contributed by atoms with Crippen LogP contribution in [0.5, 0.6) is 0 Å². The quantitative estimate of drug-likeness (QED) is 0.820. The lowest BCUT2D eigenvalue weighted by Gasteiger charge is -2.20. The Bertz CT molecular complexity index is 375. The number of benzene rings is 1. The lowest BCUT2D eigenvalue weighted by atomic mass is 10.1. The van der Waals surface area contributed by atoms with Gasteiger partial charge in [-0.15, -0.1) is 0 Å². The fraction of sp³-hybridized carbons (Fsp3) is 0.500. The fourth-order valence-electron chi connectivity index (χ4n) is 1.68.